The lowest BCUT2D eigenvalue weighted by atomic mass is 10.0. The molecule has 154 valence electrons. The van der Waals surface area contributed by atoms with Crippen molar-refractivity contribution in [2.24, 2.45) is 0 Å². The van der Waals surface area contributed by atoms with Crippen LogP contribution >= 0.6 is 11.8 Å². The van der Waals surface area contributed by atoms with Crippen molar-refractivity contribution in [2.75, 3.05) is 22.5 Å². The van der Waals surface area contributed by atoms with Gasteiger partial charge in [0.05, 0.1) is 5.69 Å². The number of rotatable bonds is 9. The van der Waals surface area contributed by atoms with Crippen LogP contribution in [0.25, 0.3) is 10.8 Å². The molecule has 1 N–H and O–H groups in total. The summed E-state index contributed by atoms with van der Waals surface area (Å²) in [4.78, 5) is 28.5. The topological polar surface area (TPSA) is 49.4 Å². The van der Waals surface area contributed by atoms with Gasteiger partial charge < -0.3 is 10.2 Å². The van der Waals surface area contributed by atoms with Crippen LogP contribution in [0, 0.1) is 0 Å². The van der Waals surface area contributed by atoms with Gasteiger partial charge in [-0.1, -0.05) is 43.7 Å². The van der Waals surface area contributed by atoms with E-state index in [1.165, 1.54) is 4.90 Å². The Morgan fingerprint density at radius 2 is 1.83 bits per heavy atom. The molecule has 0 aromatic heterocycles. The van der Waals surface area contributed by atoms with Crippen LogP contribution in [0.1, 0.15) is 43.0 Å². The second-order valence-corrected chi connectivity index (χ2v) is 8.65. The molecule has 4 nitrogen and oxygen atoms in total. The second-order valence-electron chi connectivity index (χ2n) is 7.48. The summed E-state index contributed by atoms with van der Waals surface area (Å²) in [6.07, 6.45) is 3.31. The number of hydrogen-bond acceptors (Lipinski definition) is 3. The van der Waals surface area contributed by atoms with E-state index >= 15 is 0 Å². The summed E-state index contributed by atoms with van der Waals surface area (Å²) in [6.45, 7) is 2.85. The highest BCUT2D eigenvalue weighted by atomic mass is 32.2. The minimum Gasteiger partial charge on any atom is -0.326 e. The van der Waals surface area contributed by atoms with E-state index in [4.69, 9.17) is 0 Å². The van der Waals surface area contributed by atoms with Crippen LogP contribution in [0.2, 0.25) is 0 Å². The molecule has 3 aromatic carbocycles. The van der Waals surface area contributed by atoms with Crippen molar-refractivity contribution in [3.8, 4) is 0 Å². The molecular weight excluding hydrogens is 392 g/mol. The van der Waals surface area contributed by atoms with Gasteiger partial charge in [0.1, 0.15) is 0 Å². The number of hydrogen-bond donors (Lipinski definition) is 1. The summed E-state index contributed by atoms with van der Waals surface area (Å²) < 4.78 is 0. The Hall–Kier alpha value is -2.79. The predicted molar refractivity (Wildman–Crippen MR) is 126 cm³/mol. The molecule has 0 radical (unpaired) electrons. The highest BCUT2D eigenvalue weighted by molar-refractivity contribution is 7.99. The summed E-state index contributed by atoms with van der Waals surface area (Å²) >= 11 is 1.77. The fraction of sp³-hybridized carbons (Fsp3) is 0.280. The first-order valence-corrected chi connectivity index (χ1v) is 11.5. The van der Waals surface area contributed by atoms with Gasteiger partial charge in [-0.15, -0.1) is 11.8 Å². The van der Waals surface area contributed by atoms with Crippen molar-refractivity contribution >= 4 is 45.7 Å². The summed E-state index contributed by atoms with van der Waals surface area (Å²) in [5, 5.41) is 4.95. The van der Waals surface area contributed by atoms with E-state index < -0.39 is 0 Å². The molecule has 0 saturated carbocycles. The maximum atomic E-state index is 12.8. The van der Waals surface area contributed by atoms with Crippen LogP contribution in [0.4, 0.5) is 11.4 Å². The average Bonchev–Trinajstić information content (AvgIpc) is 3.05. The minimum absolute atomic E-state index is 0.0107. The number of amides is 2. The number of carbonyl (C=O) groups excluding carboxylic acids is 2. The molecule has 0 unspecified atom stereocenters. The molecule has 0 bridgehead atoms. The lowest BCUT2D eigenvalue weighted by Crippen LogP contribution is -2.27. The minimum atomic E-state index is 0.0107. The Kier molecular flexibility index (Phi) is 6.38. The SMILES string of the molecule is CCCCN1C(=O)c2cccc3c(NC(=O)CCCSc4ccccc4)ccc1c23. The van der Waals surface area contributed by atoms with Gasteiger partial charge in [-0.25, -0.2) is 0 Å². The predicted octanol–water partition coefficient (Wildman–Crippen LogP) is 6.11. The van der Waals surface area contributed by atoms with Gasteiger partial charge in [0.15, 0.2) is 0 Å². The average molecular weight is 419 g/mol. The number of nitrogens with one attached hydrogen (secondary N) is 1. The summed E-state index contributed by atoms with van der Waals surface area (Å²) in [7, 11) is 0. The first-order valence-electron chi connectivity index (χ1n) is 10.5. The van der Waals surface area contributed by atoms with Crippen LogP contribution in [0.3, 0.4) is 0 Å². The third-order valence-electron chi connectivity index (χ3n) is 5.35. The summed E-state index contributed by atoms with van der Waals surface area (Å²) in [6, 6.07) is 19.9. The Labute approximate surface area is 181 Å². The van der Waals surface area contributed by atoms with Crippen molar-refractivity contribution in [1.82, 2.24) is 0 Å². The first kappa shape index (κ1) is 20.5. The number of carbonyl (C=O) groups is 2. The second kappa shape index (κ2) is 9.35. The number of unbranched alkanes of at least 4 members (excludes halogenated alkanes) is 1. The van der Waals surface area contributed by atoms with Crippen molar-refractivity contribution < 1.29 is 9.59 Å². The van der Waals surface area contributed by atoms with Crippen LogP contribution in [0.5, 0.6) is 0 Å². The highest BCUT2D eigenvalue weighted by Crippen LogP contribution is 2.40. The van der Waals surface area contributed by atoms with E-state index in [9.17, 15) is 9.59 Å². The van der Waals surface area contributed by atoms with Crippen molar-refractivity contribution in [3.05, 3.63) is 66.2 Å². The maximum Gasteiger partial charge on any atom is 0.258 e. The lowest BCUT2D eigenvalue weighted by molar-refractivity contribution is -0.116. The number of thioether (sulfide) groups is 1. The van der Waals surface area contributed by atoms with Crippen LogP contribution in [-0.4, -0.2) is 24.1 Å². The Morgan fingerprint density at radius 3 is 2.63 bits per heavy atom. The van der Waals surface area contributed by atoms with E-state index in [1.54, 1.807) is 11.8 Å². The third-order valence-corrected chi connectivity index (χ3v) is 6.45. The molecule has 5 heteroatoms. The largest absolute Gasteiger partial charge is 0.326 e. The number of anilines is 2. The zero-order chi connectivity index (χ0) is 20.9. The van der Waals surface area contributed by atoms with E-state index in [0.29, 0.717) is 6.42 Å². The molecule has 0 saturated heterocycles. The molecule has 0 fully saturated rings. The van der Waals surface area contributed by atoms with Crippen LogP contribution in [0.15, 0.2) is 65.6 Å². The van der Waals surface area contributed by atoms with Crippen molar-refractivity contribution in [3.63, 3.8) is 0 Å². The Balaban J connectivity index is 1.43. The van der Waals surface area contributed by atoms with E-state index in [-0.39, 0.29) is 11.8 Å². The summed E-state index contributed by atoms with van der Waals surface area (Å²) in [5.41, 5.74) is 2.46. The molecule has 1 aliphatic rings. The quantitative estimate of drug-likeness (QED) is 0.337. The van der Waals surface area contributed by atoms with Gasteiger partial charge in [0.2, 0.25) is 5.91 Å². The van der Waals surface area contributed by atoms with E-state index in [0.717, 1.165) is 59.3 Å². The highest BCUT2D eigenvalue weighted by Gasteiger charge is 2.30. The molecule has 0 spiro atoms. The fourth-order valence-corrected chi connectivity index (χ4v) is 4.72. The van der Waals surface area contributed by atoms with Gasteiger partial charge in [0.25, 0.3) is 5.91 Å². The van der Waals surface area contributed by atoms with Gasteiger partial charge in [-0.3, -0.25) is 9.59 Å². The molecule has 1 heterocycles. The smallest absolute Gasteiger partial charge is 0.258 e. The fourth-order valence-electron chi connectivity index (χ4n) is 3.85. The molecule has 0 aliphatic carbocycles. The molecule has 30 heavy (non-hydrogen) atoms. The lowest BCUT2D eigenvalue weighted by Gasteiger charge is -2.17. The maximum absolute atomic E-state index is 12.8. The molecule has 3 aromatic rings. The van der Waals surface area contributed by atoms with Crippen LogP contribution in [-0.2, 0) is 4.79 Å². The molecule has 0 atom stereocenters. The normalized spacial score (nSPS) is 12.6. The van der Waals surface area contributed by atoms with Crippen molar-refractivity contribution in [2.45, 2.75) is 37.5 Å². The zero-order valence-corrected chi connectivity index (χ0v) is 18.0. The third kappa shape index (κ3) is 4.21. The summed E-state index contributed by atoms with van der Waals surface area (Å²) in [5.74, 6) is 0.976. The zero-order valence-electron chi connectivity index (χ0n) is 17.2. The molecule has 4 rings (SSSR count). The van der Waals surface area contributed by atoms with Crippen LogP contribution < -0.4 is 10.2 Å². The van der Waals surface area contributed by atoms with Gasteiger partial charge in [-0.05, 0) is 48.9 Å². The van der Waals surface area contributed by atoms with E-state index in [1.807, 2.05) is 53.4 Å². The molecule has 2 amide bonds. The standard InChI is InChI=1S/C25H26N2O2S/c1-2-3-16-27-22-15-14-21(19-11-7-12-20(24(19)22)25(27)29)26-23(28)13-8-17-30-18-9-5-4-6-10-18/h4-7,9-12,14-15H,2-3,8,13,16-17H2,1H3,(H,26,28). The number of benzene rings is 3. The van der Waals surface area contributed by atoms with Gasteiger partial charge >= 0.3 is 0 Å². The Bertz CT molecular complexity index is 1070. The van der Waals surface area contributed by atoms with Gasteiger partial charge in [0, 0.05) is 39.9 Å². The Morgan fingerprint density at radius 1 is 1.00 bits per heavy atom. The van der Waals surface area contributed by atoms with Crippen molar-refractivity contribution in [1.29, 1.82) is 0 Å². The monoisotopic (exact) mass is 418 g/mol. The molecular formula is C25H26N2O2S. The van der Waals surface area contributed by atoms with E-state index in [2.05, 4.69) is 24.4 Å². The molecule has 1 aliphatic heterocycles. The first-order chi connectivity index (χ1) is 14.7. The van der Waals surface area contributed by atoms with Gasteiger partial charge in [-0.2, -0.15) is 0 Å². The number of nitrogens with zero attached hydrogens (tertiary/aromatic N) is 1.